The summed E-state index contributed by atoms with van der Waals surface area (Å²) >= 11 is 0. The molecule has 0 radical (unpaired) electrons. The van der Waals surface area contributed by atoms with E-state index in [0.29, 0.717) is 19.8 Å². The van der Waals surface area contributed by atoms with Crippen molar-refractivity contribution >= 4 is 0 Å². The average Bonchev–Trinajstić information content (AvgIpc) is 2.82. The summed E-state index contributed by atoms with van der Waals surface area (Å²) in [6.45, 7) is 13.5. The molecule has 0 saturated carbocycles. The van der Waals surface area contributed by atoms with Gasteiger partial charge >= 0.3 is 5.97 Å². The van der Waals surface area contributed by atoms with Crippen molar-refractivity contribution in [2.75, 3.05) is 26.4 Å². The predicted octanol–water partition coefficient (Wildman–Crippen LogP) is 9.20. The molecule has 0 aromatic heterocycles. The molecule has 0 amide bonds. The van der Waals surface area contributed by atoms with Gasteiger partial charge in [-0.1, -0.05) is 118 Å². The molecule has 4 nitrogen and oxygen atoms in total. The Hall–Kier alpha value is -0.160. The van der Waals surface area contributed by atoms with Crippen LogP contribution in [0.2, 0.25) is 0 Å². The molecule has 4 heteroatoms. The van der Waals surface area contributed by atoms with E-state index in [0.717, 1.165) is 45.1 Å². The SMILES string of the molecule is CCCCCCCCCCOC(CCCCCCCC)C(OCC)(OCCC)OCCCC. The molecule has 0 fully saturated rings. The highest BCUT2D eigenvalue weighted by atomic mass is 16.9. The molecule has 0 saturated heterocycles. The molecule has 0 rings (SSSR count). The van der Waals surface area contributed by atoms with Crippen LogP contribution < -0.4 is 0 Å². The molecule has 200 valence electrons. The van der Waals surface area contributed by atoms with Crippen molar-refractivity contribution in [3.05, 3.63) is 0 Å². The molecular weight excluding hydrogens is 412 g/mol. The van der Waals surface area contributed by atoms with Gasteiger partial charge in [0.1, 0.15) is 6.10 Å². The van der Waals surface area contributed by atoms with E-state index in [1.165, 1.54) is 77.0 Å². The zero-order chi connectivity index (χ0) is 24.5. The molecule has 2 atom stereocenters. The Labute approximate surface area is 207 Å². The lowest BCUT2D eigenvalue weighted by molar-refractivity contribution is -0.417. The average molecular weight is 473 g/mol. The lowest BCUT2D eigenvalue weighted by Gasteiger charge is -2.39. The van der Waals surface area contributed by atoms with Crippen molar-refractivity contribution < 1.29 is 18.9 Å². The fourth-order valence-corrected chi connectivity index (χ4v) is 4.14. The summed E-state index contributed by atoms with van der Waals surface area (Å²) in [4.78, 5) is 0. The van der Waals surface area contributed by atoms with E-state index in [2.05, 4.69) is 27.7 Å². The summed E-state index contributed by atoms with van der Waals surface area (Å²) in [6, 6.07) is 0. The Morgan fingerprint density at radius 2 is 0.970 bits per heavy atom. The first-order chi connectivity index (χ1) is 16.2. The highest BCUT2D eigenvalue weighted by Crippen LogP contribution is 2.29. The molecule has 0 bridgehead atoms. The quantitative estimate of drug-likeness (QED) is 0.0881. The van der Waals surface area contributed by atoms with Crippen LogP contribution in [-0.4, -0.2) is 38.5 Å². The van der Waals surface area contributed by atoms with Crippen molar-refractivity contribution in [1.82, 2.24) is 0 Å². The first-order valence-electron chi connectivity index (χ1n) is 14.7. The number of ether oxygens (including phenoxy) is 4. The minimum absolute atomic E-state index is 0.170. The maximum Gasteiger partial charge on any atom is 0.310 e. The third kappa shape index (κ3) is 17.9. The maximum absolute atomic E-state index is 6.49. The van der Waals surface area contributed by atoms with Gasteiger partial charge in [-0.25, -0.2) is 0 Å². The molecular formula is C29H60O4. The van der Waals surface area contributed by atoms with Crippen molar-refractivity contribution in [3.8, 4) is 0 Å². The molecule has 0 aliphatic rings. The van der Waals surface area contributed by atoms with E-state index in [-0.39, 0.29) is 6.10 Å². The van der Waals surface area contributed by atoms with Gasteiger partial charge in [-0.3, -0.25) is 0 Å². The van der Waals surface area contributed by atoms with Crippen LogP contribution in [0.3, 0.4) is 0 Å². The van der Waals surface area contributed by atoms with E-state index in [1.807, 2.05) is 6.92 Å². The van der Waals surface area contributed by atoms with Crippen LogP contribution in [0.1, 0.15) is 150 Å². The second-order valence-electron chi connectivity index (χ2n) is 9.48. The molecule has 0 aliphatic carbocycles. The molecule has 0 aromatic carbocycles. The third-order valence-corrected chi connectivity index (χ3v) is 6.19. The minimum atomic E-state index is -1.07. The van der Waals surface area contributed by atoms with Crippen LogP contribution in [0.4, 0.5) is 0 Å². The fourth-order valence-electron chi connectivity index (χ4n) is 4.14. The molecule has 33 heavy (non-hydrogen) atoms. The minimum Gasteiger partial charge on any atom is -0.370 e. The predicted molar refractivity (Wildman–Crippen MR) is 142 cm³/mol. The summed E-state index contributed by atoms with van der Waals surface area (Å²) in [6.07, 6.45) is 21.9. The first kappa shape index (κ1) is 32.8. The van der Waals surface area contributed by atoms with E-state index >= 15 is 0 Å². The largest absolute Gasteiger partial charge is 0.370 e. The van der Waals surface area contributed by atoms with Gasteiger partial charge in [0.25, 0.3) is 0 Å². The van der Waals surface area contributed by atoms with E-state index in [9.17, 15) is 0 Å². The zero-order valence-corrected chi connectivity index (χ0v) is 23.3. The lowest BCUT2D eigenvalue weighted by Crippen LogP contribution is -2.52. The fraction of sp³-hybridized carbons (Fsp3) is 1.00. The molecule has 0 spiro atoms. The van der Waals surface area contributed by atoms with Gasteiger partial charge < -0.3 is 18.9 Å². The van der Waals surface area contributed by atoms with Crippen LogP contribution >= 0.6 is 0 Å². The monoisotopic (exact) mass is 472 g/mol. The number of unbranched alkanes of at least 4 members (excludes halogenated alkanes) is 13. The van der Waals surface area contributed by atoms with Crippen molar-refractivity contribution in [2.45, 2.75) is 162 Å². The van der Waals surface area contributed by atoms with Gasteiger partial charge in [0, 0.05) is 13.2 Å². The Bertz CT molecular complexity index is 377. The number of hydrogen-bond donors (Lipinski definition) is 0. The topological polar surface area (TPSA) is 36.9 Å². The Balaban J connectivity index is 4.86. The Kier molecular flexibility index (Phi) is 24.8. The van der Waals surface area contributed by atoms with Gasteiger partial charge in [-0.2, -0.15) is 0 Å². The van der Waals surface area contributed by atoms with Crippen LogP contribution in [0.25, 0.3) is 0 Å². The second-order valence-corrected chi connectivity index (χ2v) is 9.48. The van der Waals surface area contributed by atoms with Crippen LogP contribution in [0.5, 0.6) is 0 Å². The summed E-state index contributed by atoms with van der Waals surface area (Å²) < 4.78 is 25.3. The van der Waals surface area contributed by atoms with E-state index in [1.54, 1.807) is 0 Å². The highest BCUT2D eigenvalue weighted by molar-refractivity contribution is 4.74. The second kappa shape index (κ2) is 24.9. The van der Waals surface area contributed by atoms with Crippen molar-refractivity contribution in [1.29, 1.82) is 0 Å². The Morgan fingerprint density at radius 1 is 0.455 bits per heavy atom. The van der Waals surface area contributed by atoms with Crippen molar-refractivity contribution in [2.24, 2.45) is 0 Å². The third-order valence-electron chi connectivity index (χ3n) is 6.19. The van der Waals surface area contributed by atoms with Crippen molar-refractivity contribution in [3.63, 3.8) is 0 Å². The first-order valence-corrected chi connectivity index (χ1v) is 14.7. The van der Waals surface area contributed by atoms with E-state index < -0.39 is 5.97 Å². The van der Waals surface area contributed by atoms with Gasteiger partial charge in [-0.15, -0.1) is 0 Å². The highest BCUT2D eigenvalue weighted by Gasteiger charge is 2.43. The van der Waals surface area contributed by atoms with Crippen LogP contribution in [0, 0.1) is 0 Å². The Morgan fingerprint density at radius 3 is 1.52 bits per heavy atom. The van der Waals surface area contributed by atoms with Crippen LogP contribution in [0.15, 0.2) is 0 Å². The molecule has 0 aliphatic heterocycles. The van der Waals surface area contributed by atoms with Gasteiger partial charge in [0.05, 0.1) is 13.2 Å². The standard InChI is InChI=1S/C29H60O4/c1-6-11-14-16-18-19-21-23-26-30-28(24-22-20-17-15-12-7-2)29(31-10-5,32-25-9-4)33-27-13-8-3/h28H,6-27H2,1-5H3. The summed E-state index contributed by atoms with van der Waals surface area (Å²) in [5, 5.41) is 0. The van der Waals surface area contributed by atoms with Gasteiger partial charge in [0.15, 0.2) is 0 Å². The van der Waals surface area contributed by atoms with Crippen LogP contribution in [-0.2, 0) is 18.9 Å². The smallest absolute Gasteiger partial charge is 0.310 e. The summed E-state index contributed by atoms with van der Waals surface area (Å²) in [5.41, 5.74) is 0. The normalized spacial score (nSPS) is 14.5. The van der Waals surface area contributed by atoms with Gasteiger partial charge in [0.2, 0.25) is 0 Å². The summed E-state index contributed by atoms with van der Waals surface area (Å²) in [5.74, 6) is -1.07. The number of hydrogen-bond acceptors (Lipinski definition) is 4. The molecule has 0 heterocycles. The molecule has 2 unspecified atom stereocenters. The zero-order valence-electron chi connectivity index (χ0n) is 23.3. The lowest BCUT2D eigenvalue weighted by atomic mass is 10.1. The number of rotatable bonds is 27. The maximum atomic E-state index is 6.49. The molecule has 0 aromatic rings. The molecule has 0 N–H and O–H groups in total. The van der Waals surface area contributed by atoms with E-state index in [4.69, 9.17) is 18.9 Å². The summed E-state index contributed by atoms with van der Waals surface area (Å²) in [7, 11) is 0. The van der Waals surface area contributed by atoms with Gasteiger partial charge in [-0.05, 0) is 32.6 Å².